The summed E-state index contributed by atoms with van der Waals surface area (Å²) in [7, 11) is 0. The summed E-state index contributed by atoms with van der Waals surface area (Å²) in [5, 5.41) is 3.41. The number of hydrogen-bond donors (Lipinski definition) is 1. The molecule has 8 heteroatoms. The molecule has 0 bridgehead atoms. The van der Waals surface area contributed by atoms with E-state index < -0.39 is 11.6 Å². The van der Waals surface area contributed by atoms with Crippen molar-refractivity contribution < 1.29 is 14.4 Å². The number of carbonyl (C=O) groups excluding carboxylic acids is 3. The molecular formula is C19H24N4O3S. The van der Waals surface area contributed by atoms with Crippen molar-refractivity contribution in [3.8, 4) is 0 Å². The predicted octanol–water partition coefficient (Wildman–Crippen LogP) is 2.26. The van der Waals surface area contributed by atoms with Gasteiger partial charge in [0.1, 0.15) is 12.1 Å². The minimum Gasteiger partial charge on any atom is -0.323 e. The van der Waals surface area contributed by atoms with Crippen LogP contribution in [0.15, 0.2) is 12.7 Å². The summed E-state index contributed by atoms with van der Waals surface area (Å²) in [6.07, 6.45) is 7.69. The van der Waals surface area contributed by atoms with Crippen LogP contribution in [-0.4, -0.2) is 46.4 Å². The van der Waals surface area contributed by atoms with Gasteiger partial charge in [0.15, 0.2) is 5.13 Å². The Kier molecular flexibility index (Phi) is 4.53. The van der Waals surface area contributed by atoms with Crippen LogP contribution in [0.5, 0.6) is 0 Å². The lowest BCUT2D eigenvalue weighted by atomic mass is 9.96. The van der Waals surface area contributed by atoms with Crippen LogP contribution >= 0.6 is 11.3 Å². The molecule has 1 saturated heterocycles. The van der Waals surface area contributed by atoms with Crippen molar-refractivity contribution in [3.05, 3.63) is 23.2 Å². The van der Waals surface area contributed by atoms with Crippen LogP contribution < -0.4 is 10.2 Å². The predicted molar refractivity (Wildman–Crippen MR) is 103 cm³/mol. The van der Waals surface area contributed by atoms with Crippen LogP contribution in [0.1, 0.15) is 43.2 Å². The van der Waals surface area contributed by atoms with E-state index in [4.69, 9.17) is 0 Å². The topological polar surface area (TPSA) is 82.6 Å². The molecule has 4 rings (SSSR count). The number of rotatable bonds is 6. The molecule has 0 aromatic carbocycles. The van der Waals surface area contributed by atoms with Gasteiger partial charge < -0.3 is 5.32 Å². The molecule has 1 atom stereocenters. The molecule has 7 nitrogen and oxygen atoms in total. The fourth-order valence-electron chi connectivity index (χ4n) is 3.89. The SMILES string of the molecule is C=CCN(C(=O)CN1C(=O)N[C@@](C)(C2CC2)C1=O)c1nc2c(s1)CCCC2. The first-order valence-electron chi connectivity index (χ1n) is 9.48. The quantitative estimate of drug-likeness (QED) is 0.599. The van der Waals surface area contributed by atoms with E-state index in [0.717, 1.165) is 49.1 Å². The minimum atomic E-state index is -0.874. The van der Waals surface area contributed by atoms with Gasteiger partial charge in [0.2, 0.25) is 5.91 Å². The highest BCUT2D eigenvalue weighted by molar-refractivity contribution is 7.16. The lowest BCUT2D eigenvalue weighted by Crippen LogP contribution is -2.47. The number of carbonyl (C=O) groups is 3. The average Bonchev–Trinajstić information content (AvgIpc) is 3.38. The van der Waals surface area contributed by atoms with Crippen molar-refractivity contribution in [2.24, 2.45) is 5.92 Å². The third-order valence-electron chi connectivity index (χ3n) is 5.67. The highest BCUT2D eigenvalue weighted by Crippen LogP contribution is 2.42. The van der Waals surface area contributed by atoms with E-state index in [1.165, 1.54) is 21.1 Å². The Morgan fingerprint density at radius 2 is 2.15 bits per heavy atom. The van der Waals surface area contributed by atoms with Gasteiger partial charge in [0, 0.05) is 11.4 Å². The van der Waals surface area contributed by atoms with Gasteiger partial charge in [-0.15, -0.1) is 17.9 Å². The molecule has 1 aliphatic heterocycles. The van der Waals surface area contributed by atoms with Gasteiger partial charge in [-0.3, -0.25) is 19.4 Å². The summed E-state index contributed by atoms with van der Waals surface area (Å²) in [4.78, 5) is 46.5. The summed E-state index contributed by atoms with van der Waals surface area (Å²) in [6.45, 7) is 5.51. The second-order valence-corrected chi connectivity index (χ2v) is 8.73. The Balaban J connectivity index is 1.52. The van der Waals surface area contributed by atoms with E-state index in [-0.39, 0.29) is 24.3 Å². The lowest BCUT2D eigenvalue weighted by Gasteiger charge is -2.23. The van der Waals surface area contributed by atoms with Crippen molar-refractivity contribution >= 4 is 34.3 Å². The summed E-state index contributed by atoms with van der Waals surface area (Å²) >= 11 is 1.53. The Morgan fingerprint density at radius 3 is 2.81 bits per heavy atom. The molecule has 2 aliphatic carbocycles. The van der Waals surface area contributed by atoms with Crippen LogP contribution in [0.4, 0.5) is 9.93 Å². The lowest BCUT2D eigenvalue weighted by molar-refractivity contribution is -0.134. The molecule has 2 heterocycles. The molecule has 1 aromatic rings. The largest absolute Gasteiger partial charge is 0.325 e. The monoisotopic (exact) mass is 388 g/mol. The van der Waals surface area contributed by atoms with Gasteiger partial charge in [0.05, 0.1) is 5.69 Å². The zero-order valence-corrected chi connectivity index (χ0v) is 16.3. The molecule has 1 N–H and O–H groups in total. The number of nitrogens with one attached hydrogen (secondary N) is 1. The van der Waals surface area contributed by atoms with Crippen LogP contribution in [0, 0.1) is 5.92 Å². The number of fused-ring (bicyclic) bond motifs is 1. The molecule has 0 spiro atoms. The van der Waals surface area contributed by atoms with Crippen LogP contribution in [0.2, 0.25) is 0 Å². The third-order valence-corrected chi connectivity index (χ3v) is 6.85. The maximum Gasteiger partial charge on any atom is 0.325 e. The van der Waals surface area contributed by atoms with Crippen LogP contribution in [0.3, 0.4) is 0 Å². The number of urea groups is 1. The fraction of sp³-hybridized carbons (Fsp3) is 0.579. The van der Waals surface area contributed by atoms with Crippen molar-refractivity contribution in [2.75, 3.05) is 18.0 Å². The van der Waals surface area contributed by atoms with Gasteiger partial charge >= 0.3 is 6.03 Å². The average molecular weight is 388 g/mol. The number of aryl methyl sites for hydroxylation is 2. The fourth-order valence-corrected chi connectivity index (χ4v) is 5.06. The summed E-state index contributed by atoms with van der Waals surface area (Å²) < 4.78 is 0. The maximum absolute atomic E-state index is 13.0. The Labute approximate surface area is 162 Å². The van der Waals surface area contributed by atoms with Gasteiger partial charge in [-0.2, -0.15) is 0 Å². The van der Waals surface area contributed by atoms with Crippen molar-refractivity contribution in [1.82, 2.24) is 15.2 Å². The van der Waals surface area contributed by atoms with Gasteiger partial charge in [-0.05, 0) is 51.4 Å². The zero-order chi connectivity index (χ0) is 19.2. The Hall–Kier alpha value is -2.22. The first-order valence-corrected chi connectivity index (χ1v) is 10.3. The smallest absolute Gasteiger partial charge is 0.323 e. The van der Waals surface area contributed by atoms with E-state index in [2.05, 4.69) is 16.9 Å². The second kappa shape index (κ2) is 6.74. The Morgan fingerprint density at radius 1 is 1.41 bits per heavy atom. The molecule has 3 aliphatic rings. The molecule has 144 valence electrons. The molecule has 0 radical (unpaired) electrons. The van der Waals surface area contributed by atoms with E-state index in [0.29, 0.717) is 11.7 Å². The summed E-state index contributed by atoms with van der Waals surface area (Å²) in [5.74, 6) is -0.450. The molecular weight excluding hydrogens is 364 g/mol. The van der Waals surface area contributed by atoms with Gasteiger partial charge in [-0.25, -0.2) is 9.78 Å². The minimum absolute atomic E-state index is 0.170. The number of nitrogens with zero attached hydrogens (tertiary/aromatic N) is 3. The number of imide groups is 1. The molecule has 27 heavy (non-hydrogen) atoms. The molecule has 4 amide bonds. The second-order valence-electron chi connectivity index (χ2n) is 7.66. The van der Waals surface area contributed by atoms with Crippen molar-refractivity contribution in [1.29, 1.82) is 0 Å². The Bertz CT molecular complexity index is 792. The van der Waals surface area contributed by atoms with Crippen molar-refractivity contribution in [3.63, 3.8) is 0 Å². The highest BCUT2D eigenvalue weighted by atomic mass is 32.1. The first-order chi connectivity index (χ1) is 12.9. The maximum atomic E-state index is 13.0. The summed E-state index contributed by atoms with van der Waals surface area (Å²) in [6, 6.07) is -0.486. The van der Waals surface area contributed by atoms with Gasteiger partial charge in [0.25, 0.3) is 5.91 Å². The van der Waals surface area contributed by atoms with Crippen LogP contribution in [0.25, 0.3) is 0 Å². The van der Waals surface area contributed by atoms with Gasteiger partial charge in [-0.1, -0.05) is 6.08 Å². The van der Waals surface area contributed by atoms with E-state index in [9.17, 15) is 14.4 Å². The first kappa shape index (κ1) is 18.2. The number of amides is 4. The summed E-state index contributed by atoms with van der Waals surface area (Å²) in [5.41, 5.74) is 0.195. The van der Waals surface area contributed by atoms with E-state index in [1.54, 1.807) is 13.0 Å². The molecule has 2 fully saturated rings. The molecule has 0 unspecified atom stereocenters. The molecule has 1 saturated carbocycles. The highest BCUT2D eigenvalue weighted by Gasteiger charge is 2.56. The van der Waals surface area contributed by atoms with Crippen LogP contribution in [-0.2, 0) is 22.4 Å². The van der Waals surface area contributed by atoms with E-state index >= 15 is 0 Å². The normalized spacial score (nSPS) is 24.6. The standard InChI is InChI=1S/C19H24N4O3S/c1-3-10-22(18-20-13-6-4-5-7-14(13)27-18)15(24)11-23-16(25)19(2,12-8-9-12)21-17(23)26/h3,12H,1,4-11H2,2H3,(H,21,26)/t19-/m0/s1. The third kappa shape index (κ3) is 3.16. The molecule has 1 aromatic heterocycles. The van der Waals surface area contributed by atoms with E-state index in [1.807, 2.05) is 0 Å². The number of thiazole rings is 1. The number of anilines is 1. The number of aromatic nitrogens is 1. The zero-order valence-electron chi connectivity index (χ0n) is 15.5. The number of hydrogen-bond acceptors (Lipinski definition) is 5. The van der Waals surface area contributed by atoms with Crippen molar-refractivity contribution in [2.45, 2.75) is 51.0 Å².